The van der Waals surface area contributed by atoms with Crippen LogP contribution in [-0.2, 0) is 13.1 Å². The largest absolute Gasteiger partial charge is 0.326 e. The maximum absolute atomic E-state index is 13.3. The van der Waals surface area contributed by atoms with Crippen LogP contribution >= 0.6 is 0 Å². The second kappa shape index (κ2) is 6.30. The van der Waals surface area contributed by atoms with E-state index in [1.54, 1.807) is 6.07 Å². The highest BCUT2D eigenvalue weighted by Gasteiger charge is 2.18. The van der Waals surface area contributed by atoms with E-state index in [0.29, 0.717) is 6.54 Å². The zero-order chi connectivity index (χ0) is 13.0. The molecule has 1 aromatic carbocycles. The van der Waals surface area contributed by atoms with Crippen molar-refractivity contribution in [2.75, 3.05) is 13.1 Å². The lowest BCUT2D eigenvalue weighted by atomic mass is 9.94. The molecule has 1 aliphatic heterocycles. The van der Waals surface area contributed by atoms with Crippen LogP contribution in [0, 0.1) is 11.7 Å². The molecule has 1 saturated heterocycles. The molecule has 0 spiro atoms. The Morgan fingerprint density at radius 2 is 2.00 bits per heavy atom. The third kappa shape index (κ3) is 3.30. The van der Waals surface area contributed by atoms with Gasteiger partial charge in [-0.05, 0) is 55.1 Å². The number of benzene rings is 1. The number of halogens is 1. The number of hydrogen-bond acceptors (Lipinski definition) is 2. The molecule has 0 atom stereocenters. The highest BCUT2D eigenvalue weighted by atomic mass is 19.1. The molecule has 0 aliphatic carbocycles. The minimum atomic E-state index is -0.161. The maximum atomic E-state index is 13.3. The minimum absolute atomic E-state index is 0.161. The molecule has 3 heteroatoms. The van der Waals surface area contributed by atoms with Gasteiger partial charge in [0.05, 0.1) is 0 Å². The van der Waals surface area contributed by atoms with Crippen molar-refractivity contribution in [3.63, 3.8) is 0 Å². The quantitative estimate of drug-likeness (QED) is 0.890. The van der Waals surface area contributed by atoms with Gasteiger partial charge in [0, 0.05) is 13.1 Å². The van der Waals surface area contributed by atoms with Gasteiger partial charge in [-0.3, -0.25) is 4.90 Å². The zero-order valence-electron chi connectivity index (χ0n) is 11.2. The van der Waals surface area contributed by atoms with E-state index in [2.05, 4.69) is 11.8 Å². The van der Waals surface area contributed by atoms with E-state index in [0.717, 1.165) is 36.7 Å². The van der Waals surface area contributed by atoms with Crippen LogP contribution in [0.25, 0.3) is 0 Å². The molecule has 0 aromatic heterocycles. The van der Waals surface area contributed by atoms with Crippen LogP contribution in [0.15, 0.2) is 18.2 Å². The van der Waals surface area contributed by atoms with Crippen molar-refractivity contribution < 1.29 is 4.39 Å². The zero-order valence-corrected chi connectivity index (χ0v) is 11.2. The molecule has 2 rings (SSSR count). The van der Waals surface area contributed by atoms with Gasteiger partial charge in [0.2, 0.25) is 0 Å². The van der Waals surface area contributed by atoms with Gasteiger partial charge in [0.15, 0.2) is 0 Å². The molecule has 1 aromatic rings. The number of nitrogens with two attached hydrogens (primary N) is 1. The molecule has 0 unspecified atom stereocenters. The molecule has 0 amide bonds. The van der Waals surface area contributed by atoms with Gasteiger partial charge in [0.25, 0.3) is 0 Å². The van der Waals surface area contributed by atoms with Crippen molar-refractivity contribution in [1.82, 2.24) is 4.90 Å². The van der Waals surface area contributed by atoms with E-state index >= 15 is 0 Å². The fraction of sp³-hybridized carbons (Fsp3) is 0.600. The van der Waals surface area contributed by atoms with Crippen molar-refractivity contribution in [3.05, 3.63) is 35.1 Å². The normalized spacial score (nSPS) is 18.2. The number of piperidine rings is 1. The molecule has 100 valence electrons. The van der Waals surface area contributed by atoms with E-state index < -0.39 is 0 Å². The lowest BCUT2D eigenvalue weighted by Gasteiger charge is -2.31. The first-order valence-corrected chi connectivity index (χ1v) is 6.92. The van der Waals surface area contributed by atoms with Gasteiger partial charge >= 0.3 is 0 Å². The predicted octanol–water partition coefficient (Wildman–Crippen LogP) is 2.91. The van der Waals surface area contributed by atoms with E-state index in [4.69, 9.17) is 5.73 Å². The molecule has 1 fully saturated rings. The molecule has 0 bridgehead atoms. The van der Waals surface area contributed by atoms with Gasteiger partial charge in [-0.2, -0.15) is 0 Å². The van der Waals surface area contributed by atoms with Gasteiger partial charge in [-0.25, -0.2) is 4.39 Å². The molecule has 1 aliphatic rings. The number of rotatable bonds is 4. The average Bonchev–Trinajstić information content (AvgIpc) is 2.40. The Morgan fingerprint density at radius 3 is 2.61 bits per heavy atom. The monoisotopic (exact) mass is 250 g/mol. The van der Waals surface area contributed by atoms with Gasteiger partial charge < -0.3 is 5.73 Å². The van der Waals surface area contributed by atoms with Crippen LogP contribution in [0.2, 0.25) is 0 Å². The van der Waals surface area contributed by atoms with E-state index in [1.165, 1.54) is 25.3 Å². The maximum Gasteiger partial charge on any atom is 0.123 e. The summed E-state index contributed by atoms with van der Waals surface area (Å²) in [6.45, 7) is 5.83. The summed E-state index contributed by atoms with van der Waals surface area (Å²) in [5.74, 6) is 0.716. The summed E-state index contributed by atoms with van der Waals surface area (Å²) in [5, 5.41) is 0. The highest BCUT2D eigenvalue weighted by Crippen LogP contribution is 2.22. The van der Waals surface area contributed by atoms with Crippen LogP contribution in [0.5, 0.6) is 0 Å². The first-order chi connectivity index (χ1) is 8.72. The summed E-state index contributed by atoms with van der Waals surface area (Å²) in [4.78, 5) is 2.42. The molecular weight excluding hydrogens is 227 g/mol. The SMILES string of the molecule is CCC1CCN(Cc2cc(F)ccc2CN)CC1. The van der Waals surface area contributed by atoms with Crippen LogP contribution < -0.4 is 5.73 Å². The third-order valence-electron chi connectivity index (χ3n) is 4.07. The lowest BCUT2D eigenvalue weighted by molar-refractivity contribution is 0.174. The molecule has 18 heavy (non-hydrogen) atoms. The topological polar surface area (TPSA) is 29.3 Å². The van der Waals surface area contributed by atoms with Crippen molar-refractivity contribution in [1.29, 1.82) is 0 Å². The summed E-state index contributed by atoms with van der Waals surface area (Å²) < 4.78 is 13.3. The summed E-state index contributed by atoms with van der Waals surface area (Å²) in [5.41, 5.74) is 7.82. The highest BCUT2D eigenvalue weighted by molar-refractivity contribution is 5.27. The Kier molecular flexibility index (Phi) is 4.72. The van der Waals surface area contributed by atoms with E-state index in [-0.39, 0.29) is 5.82 Å². The van der Waals surface area contributed by atoms with Crippen molar-refractivity contribution in [3.8, 4) is 0 Å². The Labute approximate surface area is 109 Å². The fourth-order valence-electron chi connectivity index (χ4n) is 2.73. The Morgan fingerprint density at radius 1 is 1.28 bits per heavy atom. The molecular formula is C15H23FN2. The first kappa shape index (κ1) is 13.5. The lowest BCUT2D eigenvalue weighted by Crippen LogP contribution is -2.33. The van der Waals surface area contributed by atoms with Crippen LogP contribution in [0.3, 0.4) is 0 Å². The molecule has 2 nitrogen and oxygen atoms in total. The van der Waals surface area contributed by atoms with Gasteiger partial charge in [-0.15, -0.1) is 0 Å². The van der Waals surface area contributed by atoms with Crippen LogP contribution in [-0.4, -0.2) is 18.0 Å². The number of hydrogen-bond donors (Lipinski definition) is 1. The Hall–Kier alpha value is -0.930. The van der Waals surface area contributed by atoms with Crippen molar-refractivity contribution >= 4 is 0 Å². The summed E-state index contributed by atoms with van der Waals surface area (Å²) >= 11 is 0. The van der Waals surface area contributed by atoms with Crippen LogP contribution in [0.1, 0.15) is 37.3 Å². The summed E-state index contributed by atoms with van der Waals surface area (Å²) in [7, 11) is 0. The fourth-order valence-corrected chi connectivity index (χ4v) is 2.73. The first-order valence-electron chi connectivity index (χ1n) is 6.92. The molecule has 0 radical (unpaired) electrons. The molecule has 2 N–H and O–H groups in total. The second-order valence-corrected chi connectivity index (χ2v) is 5.24. The van der Waals surface area contributed by atoms with Crippen molar-refractivity contribution in [2.24, 2.45) is 11.7 Å². The number of nitrogens with zero attached hydrogens (tertiary/aromatic N) is 1. The standard InChI is InChI=1S/C15H23FN2/c1-2-12-5-7-18(8-6-12)11-14-9-15(16)4-3-13(14)10-17/h3-4,9,12H,2,5-8,10-11,17H2,1H3. The molecule has 1 heterocycles. The average molecular weight is 250 g/mol. The number of likely N-dealkylation sites (tertiary alicyclic amines) is 1. The predicted molar refractivity (Wildman–Crippen MR) is 72.6 cm³/mol. The summed E-state index contributed by atoms with van der Waals surface area (Å²) in [6.07, 6.45) is 3.81. The third-order valence-corrected chi connectivity index (χ3v) is 4.07. The Bertz CT molecular complexity index is 384. The molecule has 0 saturated carbocycles. The second-order valence-electron chi connectivity index (χ2n) is 5.24. The van der Waals surface area contributed by atoms with Gasteiger partial charge in [-0.1, -0.05) is 19.4 Å². The smallest absolute Gasteiger partial charge is 0.123 e. The van der Waals surface area contributed by atoms with Crippen LogP contribution in [0.4, 0.5) is 4.39 Å². The van der Waals surface area contributed by atoms with E-state index in [1.807, 2.05) is 6.07 Å². The van der Waals surface area contributed by atoms with Gasteiger partial charge in [0.1, 0.15) is 5.82 Å². The van der Waals surface area contributed by atoms with Crippen molar-refractivity contribution in [2.45, 2.75) is 39.3 Å². The van der Waals surface area contributed by atoms with E-state index in [9.17, 15) is 4.39 Å². The Balaban J connectivity index is 1.99. The minimum Gasteiger partial charge on any atom is -0.326 e. The summed E-state index contributed by atoms with van der Waals surface area (Å²) in [6, 6.07) is 4.94.